The van der Waals surface area contributed by atoms with Gasteiger partial charge in [-0.15, -0.1) is 6.58 Å². The smallest absolute Gasteiger partial charge is 0.260 e. The third-order valence-corrected chi connectivity index (χ3v) is 3.69. The van der Waals surface area contributed by atoms with Crippen LogP contribution in [0.5, 0.6) is 0 Å². The summed E-state index contributed by atoms with van der Waals surface area (Å²) in [4.78, 5) is 28.6. The number of amides is 1. The molecule has 0 radical (unpaired) electrons. The highest BCUT2D eigenvalue weighted by Gasteiger charge is 2.58. The first kappa shape index (κ1) is 11.8. The number of hydrogen-bond donors (Lipinski definition) is 0. The van der Waals surface area contributed by atoms with E-state index in [0.29, 0.717) is 6.54 Å². The molecule has 4 nitrogen and oxygen atoms in total. The van der Waals surface area contributed by atoms with Gasteiger partial charge in [-0.25, -0.2) is 5.06 Å². The van der Waals surface area contributed by atoms with E-state index in [1.807, 2.05) is 6.92 Å². The Morgan fingerprint density at radius 3 is 2.47 bits per heavy atom. The van der Waals surface area contributed by atoms with Crippen LogP contribution in [-0.2, 0) is 14.4 Å². The lowest BCUT2D eigenvalue weighted by Crippen LogP contribution is -2.38. The Labute approximate surface area is 100 Å². The molecule has 1 atom stereocenters. The van der Waals surface area contributed by atoms with Crippen LogP contribution in [0.2, 0.25) is 0 Å². The van der Waals surface area contributed by atoms with Gasteiger partial charge in [0.2, 0.25) is 0 Å². The van der Waals surface area contributed by atoms with E-state index in [9.17, 15) is 9.59 Å². The topological polar surface area (TPSA) is 46.6 Å². The minimum absolute atomic E-state index is 0.106. The zero-order valence-electron chi connectivity index (χ0n) is 9.97. The molecule has 0 aromatic carbocycles. The molecule has 1 amide bonds. The number of hydroxylamine groups is 2. The largest absolute Gasteiger partial charge is 0.290 e. The van der Waals surface area contributed by atoms with E-state index < -0.39 is 10.8 Å². The van der Waals surface area contributed by atoms with Gasteiger partial charge in [0.25, 0.3) is 5.91 Å². The molecule has 0 saturated carbocycles. The monoisotopic (exact) mass is 233 g/mol. The Hall–Kier alpha value is -1.68. The molecule has 0 bridgehead atoms. The average Bonchev–Trinajstić information content (AvgIpc) is 2.55. The molecule has 1 fully saturated rings. The third-order valence-electron chi connectivity index (χ3n) is 3.69. The van der Waals surface area contributed by atoms with Gasteiger partial charge in [-0.05, 0) is 12.2 Å². The zero-order valence-corrected chi connectivity index (χ0v) is 9.97. The standard InChI is InChI=1S/C13H15NO3/c1-4-12(2)9-14(17-3)11(16)13(12)7-5-10(15)6-8-13/h4-8H,1,9H2,2-3H3. The highest BCUT2D eigenvalue weighted by molar-refractivity contribution is 6.04. The fraction of sp³-hybridized carbons (Fsp3) is 0.385. The van der Waals surface area contributed by atoms with Gasteiger partial charge in [-0.3, -0.25) is 14.4 Å². The quantitative estimate of drug-likeness (QED) is 0.675. The normalized spacial score (nSPS) is 30.4. The van der Waals surface area contributed by atoms with E-state index in [4.69, 9.17) is 4.84 Å². The molecule has 2 rings (SSSR count). The van der Waals surface area contributed by atoms with Crippen molar-refractivity contribution in [2.45, 2.75) is 6.92 Å². The van der Waals surface area contributed by atoms with Crippen molar-refractivity contribution in [3.8, 4) is 0 Å². The van der Waals surface area contributed by atoms with Crippen LogP contribution in [0.1, 0.15) is 6.92 Å². The Bertz CT molecular complexity index is 434. The summed E-state index contributed by atoms with van der Waals surface area (Å²) in [6.07, 6.45) is 7.91. The lowest BCUT2D eigenvalue weighted by Gasteiger charge is -2.34. The molecule has 0 aromatic heterocycles. The molecule has 1 heterocycles. The van der Waals surface area contributed by atoms with E-state index in [1.54, 1.807) is 18.2 Å². The molecule has 1 unspecified atom stereocenters. The van der Waals surface area contributed by atoms with E-state index in [1.165, 1.54) is 24.3 Å². The van der Waals surface area contributed by atoms with Crippen molar-refractivity contribution in [1.82, 2.24) is 5.06 Å². The van der Waals surface area contributed by atoms with Gasteiger partial charge in [-0.2, -0.15) is 0 Å². The van der Waals surface area contributed by atoms with E-state index >= 15 is 0 Å². The SMILES string of the molecule is C=CC1(C)CN(OC)C(=O)C12C=CC(=O)C=C2. The van der Waals surface area contributed by atoms with E-state index in [0.717, 1.165) is 0 Å². The molecule has 90 valence electrons. The molecule has 1 saturated heterocycles. The maximum absolute atomic E-state index is 12.3. The van der Waals surface area contributed by atoms with Crippen LogP contribution in [0.3, 0.4) is 0 Å². The Kier molecular flexibility index (Phi) is 2.54. The summed E-state index contributed by atoms with van der Waals surface area (Å²) >= 11 is 0. The third kappa shape index (κ3) is 1.41. The fourth-order valence-electron chi connectivity index (χ4n) is 2.39. The fourth-order valence-corrected chi connectivity index (χ4v) is 2.39. The van der Waals surface area contributed by atoms with Crippen LogP contribution >= 0.6 is 0 Å². The number of nitrogens with zero attached hydrogens (tertiary/aromatic N) is 1. The van der Waals surface area contributed by atoms with Gasteiger partial charge in [0.15, 0.2) is 5.78 Å². The predicted octanol–water partition coefficient (Wildman–Crippen LogP) is 1.26. The van der Waals surface area contributed by atoms with Crippen LogP contribution in [-0.4, -0.2) is 30.4 Å². The van der Waals surface area contributed by atoms with Crippen molar-refractivity contribution >= 4 is 11.7 Å². The average molecular weight is 233 g/mol. The van der Waals surface area contributed by atoms with Gasteiger partial charge in [-0.1, -0.05) is 25.2 Å². The van der Waals surface area contributed by atoms with Gasteiger partial charge in [0.05, 0.1) is 19.1 Å². The van der Waals surface area contributed by atoms with Gasteiger partial charge in [0.1, 0.15) is 0 Å². The van der Waals surface area contributed by atoms with E-state index in [2.05, 4.69) is 6.58 Å². The van der Waals surface area contributed by atoms with Crippen molar-refractivity contribution in [2.24, 2.45) is 10.8 Å². The van der Waals surface area contributed by atoms with Crippen LogP contribution < -0.4 is 0 Å². The highest BCUT2D eigenvalue weighted by Crippen LogP contribution is 2.51. The first-order chi connectivity index (χ1) is 7.99. The second kappa shape index (κ2) is 3.67. The first-order valence-corrected chi connectivity index (χ1v) is 5.41. The number of allylic oxidation sites excluding steroid dienone is 2. The summed E-state index contributed by atoms with van der Waals surface area (Å²) < 4.78 is 0. The van der Waals surface area contributed by atoms with Crippen molar-refractivity contribution in [2.75, 3.05) is 13.7 Å². The molecule has 2 aliphatic rings. The maximum atomic E-state index is 12.3. The number of carbonyl (C=O) groups is 2. The molecular formula is C13H15NO3. The second-order valence-electron chi connectivity index (χ2n) is 4.58. The number of ketones is 1. The molecule has 1 aliphatic heterocycles. The van der Waals surface area contributed by atoms with Crippen LogP contribution in [0.25, 0.3) is 0 Å². The summed E-state index contributed by atoms with van der Waals surface area (Å²) in [5, 5.41) is 1.31. The molecule has 1 spiro atoms. The van der Waals surface area contributed by atoms with Gasteiger partial charge >= 0.3 is 0 Å². The van der Waals surface area contributed by atoms with E-state index in [-0.39, 0.29) is 11.7 Å². The van der Waals surface area contributed by atoms with Crippen LogP contribution in [0.4, 0.5) is 0 Å². The molecule has 0 N–H and O–H groups in total. The minimum Gasteiger partial charge on any atom is -0.290 e. The summed E-state index contributed by atoms with van der Waals surface area (Å²) in [6.45, 7) is 6.16. The molecule has 4 heteroatoms. The molecule has 1 aliphatic carbocycles. The minimum atomic E-state index is -0.849. The number of rotatable bonds is 2. The van der Waals surface area contributed by atoms with Crippen molar-refractivity contribution < 1.29 is 14.4 Å². The molecular weight excluding hydrogens is 218 g/mol. The maximum Gasteiger partial charge on any atom is 0.260 e. The van der Waals surface area contributed by atoms with Crippen LogP contribution in [0.15, 0.2) is 37.0 Å². The van der Waals surface area contributed by atoms with Crippen molar-refractivity contribution in [3.05, 3.63) is 37.0 Å². The predicted molar refractivity (Wildman–Crippen MR) is 62.7 cm³/mol. The summed E-state index contributed by atoms with van der Waals surface area (Å²) in [5.41, 5.74) is -1.33. The Morgan fingerprint density at radius 2 is 2.00 bits per heavy atom. The van der Waals surface area contributed by atoms with Gasteiger partial charge < -0.3 is 0 Å². The summed E-state index contributed by atoms with van der Waals surface area (Å²) in [7, 11) is 1.46. The number of carbonyl (C=O) groups excluding carboxylic acids is 2. The van der Waals surface area contributed by atoms with Crippen molar-refractivity contribution in [1.29, 1.82) is 0 Å². The second-order valence-corrected chi connectivity index (χ2v) is 4.58. The number of hydrogen-bond acceptors (Lipinski definition) is 3. The van der Waals surface area contributed by atoms with Crippen molar-refractivity contribution in [3.63, 3.8) is 0 Å². The zero-order chi connectivity index (χ0) is 12.7. The van der Waals surface area contributed by atoms with Gasteiger partial charge in [0, 0.05) is 5.41 Å². The Balaban J connectivity index is 2.53. The lowest BCUT2D eigenvalue weighted by molar-refractivity contribution is -0.170. The summed E-state index contributed by atoms with van der Waals surface area (Å²) in [6, 6.07) is 0. The molecule has 0 aromatic rings. The molecule has 17 heavy (non-hydrogen) atoms. The first-order valence-electron chi connectivity index (χ1n) is 5.41. The summed E-state index contributed by atoms with van der Waals surface area (Å²) in [5.74, 6) is -0.270. The Morgan fingerprint density at radius 1 is 1.41 bits per heavy atom. The highest BCUT2D eigenvalue weighted by atomic mass is 16.7. The lowest BCUT2D eigenvalue weighted by atomic mass is 9.65. The van der Waals surface area contributed by atoms with Crippen LogP contribution in [0, 0.1) is 10.8 Å².